The zero-order valence-corrected chi connectivity index (χ0v) is 11.4. The minimum absolute atomic E-state index is 1.01. The van der Waals surface area contributed by atoms with Gasteiger partial charge in [0.2, 0.25) is 0 Å². The second-order valence-corrected chi connectivity index (χ2v) is 4.74. The van der Waals surface area contributed by atoms with Gasteiger partial charge in [0.1, 0.15) is 0 Å². The van der Waals surface area contributed by atoms with Gasteiger partial charge < -0.3 is 5.32 Å². The molecule has 0 aliphatic rings. The van der Waals surface area contributed by atoms with Gasteiger partial charge in [-0.15, -0.1) is 0 Å². The first-order valence-electron chi connectivity index (χ1n) is 6.96. The Kier molecular flexibility index (Phi) is 4.57. The summed E-state index contributed by atoms with van der Waals surface area (Å²) in [5.74, 6) is 0. The monoisotopic (exact) mass is 242 g/mol. The quantitative estimate of drug-likeness (QED) is 0.812. The zero-order valence-electron chi connectivity index (χ0n) is 11.4. The summed E-state index contributed by atoms with van der Waals surface area (Å²) in [6.07, 6.45) is 6.68. The SMILES string of the molecule is CCCCc1ccc2nccc(NCCC)c2c1. The number of unbranched alkanes of at least 4 members (excludes halogenated alkanes) is 1. The molecule has 2 nitrogen and oxygen atoms in total. The van der Waals surface area contributed by atoms with Crippen molar-refractivity contribution in [2.45, 2.75) is 39.5 Å². The molecule has 0 atom stereocenters. The number of benzene rings is 1. The Labute approximate surface area is 109 Å². The van der Waals surface area contributed by atoms with Crippen LogP contribution < -0.4 is 5.32 Å². The number of aromatic nitrogens is 1. The largest absolute Gasteiger partial charge is 0.384 e. The lowest BCUT2D eigenvalue weighted by molar-refractivity contribution is 0.796. The summed E-state index contributed by atoms with van der Waals surface area (Å²) in [5, 5.41) is 4.73. The van der Waals surface area contributed by atoms with Crippen molar-refractivity contribution in [1.82, 2.24) is 4.98 Å². The van der Waals surface area contributed by atoms with Crippen LogP contribution in [0.25, 0.3) is 10.9 Å². The molecule has 1 N–H and O–H groups in total. The highest BCUT2D eigenvalue weighted by Crippen LogP contribution is 2.23. The van der Waals surface area contributed by atoms with Gasteiger partial charge >= 0.3 is 0 Å². The summed E-state index contributed by atoms with van der Waals surface area (Å²) in [5.41, 5.74) is 3.70. The normalized spacial score (nSPS) is 10.8. The van der Waals surface area contributed by atoms with Gasteiger partial charge in [-0.05, 0) is 43.0 Å². The van der Waals surface area contributed by atoms with Crippen LogP contribution in [0.15, 0.2) is 30.5 Å². The third kappa shape index (κ3) is 3.00. The topological polar surface area (TPSA) is 24.9 Å². The number of pyridine rings is 1. The molecule has 0 spiro atoms. The molecule has 0 radical (unpaired) electrons. The molecular formula is C16H22N2. The highest BCUT2D eigenvalue weighted by atomic mass is 14.9. The van der Waals surface area contributed by atoms with Gasteiger partial charge in [0.25, 0.3) is 0 Å². The number of fused-ring (bicyclic) bond motifs is 1. The summed E-state index contributed by atoms with van der Waals surface area (Å²) in [7, 11) is 0. The maximum absolute atomic E-state index is 4.43. The summed E-state index contributed by atoms with van der Waals surface area (Å²) < 4.78 is 0. The Balaban J connectivity index is 2.32. The van der Waals surface area contributed by atoms with Gasteiger partial charge in [0, 0.05) is 23.8 Å². The number of rotatable bonds is 6. The predicted octanol–water partition coefficient (Wildman–Crippen LogP) is 4.40. The average molecular weight is 242 g/mol. The Hall–Kier alpha value is -1.57. The molecule has 0 saturated heterocycles. The fourth-order valence-corrected chi connectivity index (χ4v) is 2.14. The molecule has 1 aromatic heterocycles. The molecule has 1 heterocycles. The summed E-state index contributed by atoms with van der Waals surface area (Å²) in [6, 6.07) is 8.70. The molecule has 96 valence electrons. The van der Waals surface area contributed by atoms with E-state index < -0.39 is 0 Å². The molecule has 0 unspecified atom stereocenters. The molecule has 0 amide bonds. The van der Waals surface area contributed by atoms with Gasteiger partial charge in [-0.3, -0.25) is 4.98 Å². The summed E-state index contributed by atoms with van der Waals surface area (Å²) in [6.45, 7) is 5.43. The third-order valence-electron chi connectivity index (χ3n) is 3.19. The van der Waals surface area contributed by atoms with Crippen LogP contribution in [0.2, 0.25) is 0 Å². The molecule has 18 heavy (non-hydrogen) atoms. The molecule has 0 bridgehead atoms. The van der Waals surface area contributed by atoms with Crippen molar-refractivity contribution in [3.8, 4) is 0 Å². The standard InChI is InChI=1S/C16H22N2/c1-3-5-6-13-7-8-15-14(12-13)16(9-11-18-15)17-10-4-2/h7-9,11-12H,3-6,10H2,1-2H3,(H,17,18). The average Bonchev–Trinajstić information content (AvgIpc) is 2.42. The van der Waals surface area contributed by atoms with E-state index >= 15 is 0 Å². The van der Waals surface area contributed by atoms with Crippen molar-refractivity contribution in [3.63, 3.8) is 0 Å². The Morgan fingerprint density at radius 3 is 2.78 bits per heavy atom. The molecule has 0 saturated carbocycles. The van der Waals surface area contributed by atoms with Crippen LogP contribution in [0.5, 0.6) is 0 Å². The second-order valence-electron chi connectivity index (χ2n) is 4.74. The van der Waals surface area contributed by atoms with E-state index in [-0.39, 0.29) is 0 Å². The lowest BCUT2D eigenvalue weighted by Gasteiger charge is -2.09. The minimum atomic E-state index is 1.01. The molecular weight excluding hydrogens is 220 g/mol. The van der Waals surface area contributed by atoms with Gasteiger partial charge in [-0.1, -0.05) is 26.3 Å². The third-order valence-corrected chi connectivity index (χ3v) is 3.19. The fourth-order valence-electron chi connectivity index (χ4n) is 2.14. The molecule has 0 fully saturated rings. The first-order chi connectivity index (χ1) is 8.85. The van der Waals surface area contributed by atoms with Crippen LogP contribution >= 0.6 is 0 Å². The number of aryl methyl sites for hydroxylation is 1. The number of anilines is 1. The van der Waals surface area contributed by atoms with Crippen LogP contribution in [0, 0.1) is 0 Å². The molecule has 2 heteroatoms. The van der Waals surface area contributed by atoms with Crippen molar-refractivity contribution in [1.29, 1.82) is 0 Å². The zero-order chi connectivity index (χ0) is 12.8. The van der Waals surface area contributed by atoms with E-state index in [1.54, 1.807) is 0 Å². The fraction of sp³-hybridized carbons (Fsp3) is 0.438. The van der Waals surface area contributed by atoms with Crippen molar-refractivity contribution >= 4 is 16.6 Å². The number of hydrogen-bond acceptors (Lipinski definition) is 2. The van der Waals surface area contributed by atoms with E-state index in [2.05, 4.69) is 48.4 Å². The first-order valence-corrected chi connectivity index (χ1v) is 6.96. The van der Waals surface area contributed by atoms with E-state index in [4.69, 9.17) is 0 Å². The van der Waals surface area contributed by atoms with Gasteiger partial charge in [0.05, 0.1) is 5.52 Å². The first kappa shape index (κ1) is 12.9. The highest BCUT2D eigenvalue weighted by molar-refractivity contribution is 5.91. The second kappa shape index (κ2) is 6.39. The van der Waals surface area contributed by atoms with Crippen LogP contribution in [-0.2, 0) is 6.42 Å². The molecule has 0 aliphatic heterocycles. The number of nitrogens with zero attached hydrogens (tertiary/aromatic N) is 1. The van der Waals surface area contributed by atoms with E-state index in [9.17, 15) is 0 Å². The number of hydrogen-bond donors (Lipinski definition) is 1. The van der Waals surface area contributed by atoms with Crippen LogP contribution in [0.3, 0.4) is 0 Å². The molecule has 0 aliphatic carbocycles. The predicted molar refractivity (Wildman–Crippen MR) is 79.1 cm³/mol. The van der Waals surface area contributed by atoms with Crippen molar-refractivity contribution in [2.75, 3.05) is 11.9 Å². The maximum atomic E-state index is 4.43. The summed E-state index contributed by atoms with van der Waals surface area (Å²) in [4.78, 5) is 4.43. The van der Waals surface area contributed by atoms with Crippen LogP contribution in [0.4, 0.5) is 5.69 Å². The Bertz CT molecular complexity index is 505. The van der Waals surface area contributed by atoms with E-state index in [1.807, 2.05) is 6.20 Å². The Morgan fingerprint density at radius 1 is 1.11 bits per heavy atom. The lowest BCUT2D eigenvalue weighted by Crippen LogP contribution is -2.00. The van der Waals surface area contributed by atoms with E-state index in [1.165, 1.54) is 29.5 Å². The van der Waals surface area contributed by atoms with Crippen molar-refractivity contribution in [3.05, 3.63) is 36.0 Å². The Morgan fingerprint density at radius 2 is 2.00 bits per heavy atom. The molecule has 2 aromatic rings. The van der Waals surface area contributed by atoms with E-state index in [0.717, 1.165) is 24.9 Å². The van der Waals surface area contributed by atoms with Gasteiger partial charge in [-0.2, -0.15) is 0 Å². The molecule has 1 aromatic carbocycles. The lowest BCUT2D eigenvalue weighted by atomic mass is 10.0. The van der Waals surface area contributed by atoms with E-state index in [0.29, 0.717) is 0 Å². The maximum Gasteiger partial charge on any atom is 0.0722 e. The summed E-state index contributed by atoms with van der Waals surface area (Å²) >= 11 is 0. The van der Waals surface area contributed by atoms with Gasteiger partial charge in [-0.25, -0.2) is 0 Å². The van der Waals surface area contributed by atoms with Crippen LogP contribution in [-0.4, -0.2) is 11.5 Å². The van der Waals surface area contributed by atoms with Crippen LogP contribution in [0.1, 0.15) is 38.7 Å². The van der Waals surface area contributed by atoms with Crippen molar-refractivity contribution in [2.24, 2.45) is 0 Å². The smallest absolute Gasteiger partial charge is 0.0722 e. The highest BCUT2D eigenvalue weighted by Gasteiger charge is 2.02. The minimum Gasteiger partial charge on any atom is -0.384 e. The number of nitrogens with one attached hydrogen (secondary N) is 1. The van der Waals surface area contributed by atoms with Crippen molar-refractivity contribution < 1.29 is 0 Å². The molecule has 2 rings (SSSR count). The van der Waals surface area contributed by atoms with Gasteiger partial charge in [0.15, 0.2) is 0 Å².